The molecule has 2 aliphatic rings. The Balaban J connectivity index is 2.25. The smallest absolute Gasteiger partial charge is 0.302 e. The Morgan fingerprint density at radius 1 is 1.36 bits per heavy atom. The van der Waals surface area contributed by atoms with Gasteiger partial charge in [0.15, 0.2) is 0 Å². The summed E-state index contributed by atoms with van der Waals surface area (Å²) in [6.07, 6.45) is 3.89. The van der Waals surface area contributed by atoms with E-state index in [1.807, 2.05) is 0 Å². The van der Waals surface area contributed by atoms with Crippen LogP contribution in [0.2, 0.25) is 0 Å². The number of hydrogen-bond donors (Lipinski definition) is 0. The lowest BCUT2D eigenvalue weighted by Gasteiger charge is -2.41. The van der Waals surface area contributed by atoms with Gasteiger partial charge in [-0.25, -0.2) is 0 Å². The molecule has 14 heavy (non-hydrogen) atoms. The van der Waals surface area contributed by atoms with Gasteiger partial charge in [0.05, 0.1) is 0 Å². The molecule has 2 bridgehead atoms. The Hall–Kier alpha value is -0.530. The van der Waals surface area contributed by atoms with Crippen LogP contribution in [0.5, 0.6) is 0 Å². The maximum atomic E-state index is 11.1. The van der Waals surface area contributed by atoms with Gasteiger partial charge in [0.2, 0.25) is 0 Å². The molecule has 2 aliphatic carbocycles. The van der Waals surface area contributed by atoms with Gasteiger partial charge < -0.3 is 4.74 Å². The van der Waals surface area contributed by atoms with Gasteiger partial charge in [-0.15, -0.1) is 0 Å². The van der Waals surface area contributed by atoms with E-state index in [2.05, 4.69) is 20.8 Å². The van der Waals surface area contributed by atoms with Crippen LogP contribution in [-0.2, 0) is 9.53 Å². The van der Waals surface area contributed by atoms with Crippen molar-refractivity contribution in [3.05, 3.63) is 0 Å². The molecule has 3 atom stereocenters. The summed E-state index contributed by atoms with van der Waals surface area (Å²) in [5.41, 5.74) is 0.429. The molecule has 0 amide bonds. The van der Waals surface area contributed by atoms with E-state index in [9.17, 15) is 4.79 Å². The highest BCUT2D eigenvalue weighted by Gasteiger charge is 2.61. The minimum atomic E-state index is -0.128. The quantitative estimate of drug-likeness (QED) is 0.603. The first-order valence-electron chi connectivity index (χ1n) is 5.53. The van der Waals surface area contributed by atoms with Gasteiger partial charge in [-0.05, 0) is 25.2 Å². The lowest BCUT2D eigenvalue weighted by molar-refractivity contribution is -0.161. The molecule has 80 valence electrons. The van der Waals surface area contributed by atoms with Gasteiger partial charge in [0, 0.05) is 17.8 Å². The van der Waals surface area contributed by atoms with Gasteiger partial charge in [-0.2, -0.15) is 0 Å². The van der Waals surface area contributed by atoms with Crippen molar-refractivity contribution in [3.8, 4) is 0 Å². The number of rotatable bonds is 1. The van der Waals surface area contributed by atoms with Crippen LogP contribution in [0, 0.1) is 16.7 Å². The van der Waals surface area contributed by atoms with Crippen molar-refractivity contribution < 1.29 is 9.53 Å². The van der Waals surface area contributed by atoms with E-state index >= 15 is 0 Å². The van der Waals surface area contributed by atoms with E-state index in [-0.39, 0.29) is 22.9 Å². The maximum absolute atomic E-state index is 11.1. The first-order chi connectivity index (χ1) is 6.36. The van der Waals surface area contributed by atoms with Gasteiger partial charge >= 0.3 is 5.97 Å². The largest absolute Gasteiger partial charge is 0.461 e. The van der Waals surface area contributed by atoms with Crippen molar-refractivity contribution in [2.45, 2.75) is 53.1 Å². The van der Waals surface area contributed by atoms with Crippen molar-refractivity contribution in [2.24, 2.45) is 16.7 Å². The number of esters is 1. The lowest BCUT2D eigenvalue weighted by atomic mass is 9.70. The number of carbonyl (C=O) groups is 1. The molecule has 0 aliphatic heterocycles. The summed E-state index contributed by atoms with van der Waals surface area (Å²) in [6.45, 7) is 8.28. The Morgan fingerprint density at radius 2 is 2.00 bits per heavy atom. The van der Waals surface area contributed by atoms with Crippen LogP contribution in [-0.4, -0.2) is 12.1 Å². The van der Waals surface area contributed by atoms with E-state index in [0.717, 1.165) is 5.92 Å². The summed E-state index contributed by atoms with van der Waals surface area (Å²) in [5.74, 6) is 0.619. The van der Waals surface area contributed by atoms with Crippen molar-refractivity contribution in [1.29, 1.82) is 0 Å². The average molecular weight is 196 g/mol. The van der Waals surface area contributed by atoms with E-state index in [1.54, 1.807) is 0 Å². The summed E-state index contributed by atoms with van der Waals surface area (Å²) in [4.78, 5) is 11.1. The minimum Gasteiger partial charge on any atom is -0.461 e. The first kappa shape index (κ1) is 10.0. The molecule has 0 spiro atoms. The third-order valence-corrected chi connectivity index (χ3v) is 4.42. The molecular formula is C12H20O2. The normalized spacial score (nSPS) is 44.0. The van der Waals surface area contributed by atoms with Crippen molar-refractivity contribution in [1.82, 2.24) is 0 Å². The maximum Gasteiger partial charge on any atom is 0.302 e. The lowest BCUT2D eigenvalue weighted by Crippen LogP contribution is -2.43. The highest BCUT2D eigenvalue weighted by atomic mass is 16.5. The molecule has 2 fully saturated rings. The van der Waals surface area contributed by atoms with E-state index in [4.69, 9.17) is 4.74 Å². The molecule has 2 rings (SSSR count). The predicted molar refractivity (Wildman–Crippen MR) is 54.8 cm³/mol. The van der Waals surface area contributed by atoms with E-state index < -0.39 is 0 Å². The van der Waals surface area contributed by atoms with Crippen LogP contribution in [0.15, 0.2) is 0 Å². The molecule has 2 nitrogen and oxygen atoms in total. The van der Waals surface area contributed by atoms with Gasteiger partial charge in [0.1, 0.15) is 6.10 Å². The molecule has 2 saturated carbocycles. The molecule has 0 heterocycles. The molecule has 0 N–H and O–H groups in total. The Kier molecular flexibility index (Phi) is 1.96. The molecule has 2 heteroatoms. The van der Waals surface area contributed by atoms with Crippen LogP contribution in [0.1, 0.15) is 47.0 Å². The summed E-state index contributed by atoms with van der Waals surface area (Å²) < 4.78 is 5.52. The second-order valence-corrected chi connectivity index (χ2v) is 5.90. The number of ether oxygens (including phenoxy) is 1. The van der Waals surface area contributed by atoms with E-state index in [0.29, 0.717) is 0 Å². The third kappa shape index (κ3) is 1.19. The zero-order valence-corrected chi connectivity index (χ0v) is 9.59. The minimum absolute atomic E-state index is 0.128. The van der Waals surface area contributed by atoms with Gasteiger partial charge in [0.25, 0.3) is 0 Å². The fourth-order valence-electron chi connectivity index (χ4n) is 3.72. The molecule has 2 unspecified atom stereocenters. The third-order valence-electron chi connectivity index (χ3n) is 4.42. The van der Waals surface area contributed by atoms with Crippen molar-refractivity contribution >= 4 is 5.97 Å². The Bertz CT molecular complexity index is 265. The molecule has 0 aromatic heterocycles. The first-order valence-corrected chi connectivity index (χ1v) is 5.53. The summed E-state index contributed by atoms with van der Waals surface area (Å²) in [6, 6.07) is 0. The van der Waals surface area contributed by atoms with E-state index in [1.165, 1.54) is 26.2 Å². The predicted octanol–water partition coefficient (Wildman–Crippen LogP) is 2.76. The molecular weight excluding hydrogens is 176 g/mol. The fourth-order valence-corrected chi connectivity index (χ4v) is 3.72. The second-order valence-electron chi connectivity index (χ2n) is 5.90. The fraction of sp³-hybridized carbons (Fsp3) is 0.917. The van der Waals surface area contributed by atoms with Crippen LogP contribution < -0.4 is 0 Å². The van der Waals surface area contributed by atoms with Crippen molar-refractivity contribution in [3.63, 3.8) is 0 Å². The number of carbonyl (C=O) groups excluding carboxylic acids is 1. The van der Waals surface area contributed by atoms with Crippen LogP contribution >= 0.6 is 0 Å². The summed E-state index contributed by atoms with van der Waals surface area (Å²) in [5, 5.41) is 0. The molecule has 0 radical (unpaired) electrons. The Morgan fingerprint density at radius 3 is 2.43 bits per heavy atom. The zero-order valence-electron chi connectivity index (χ0n) is 9.59. The van der Waals surface area contributed by atoms with Gasteiger partial charge in [-0.1, -0.05) is 20.8 Å². The second kappa shape index (κ2) is 2.74. The molecule has 0 saturated heterocycles. The van der Waals surface area contributed by atoms with Crippen LogP contribution in [0.4, 0.5) is 0 Å². The Labute approximate surface area is 86.0 Å². The molecule has 0 aromatic carbocycles. The topological polar surface area (TPSA) is 26.3 Å². The monoisotopic (exact) mass is 196 g/mol. The number of fused-ring (bicyclic) bond motifs is 2. The SMILES string of the molecule is CC(=O)OC1C(C)(C)C2CC[C@]1(C)C2. The van der Waals surface area contributed by atoms with Crippen LogP contribution in [0.25, 0.3) is 0 Å². The highest BCUT2D eigenvalue weighted by molar-refractivity contribution is 5.66. The van der Waals surface area contributed by atoms with Crippen LogP contribution in [0.3, 0.4) is 0 Å². The summed E-state index contributed by atoms with van der Waals surface area (Å²) >= 11 is 0. The molecule has 0 aromatic rings. The summed E-state index contributed by atoms with van der Waals surface area (Å²) in [7, 11) is 0. The van der Waals surface area contributed by atoms with Gasteiger partial charge in [-0.3, -0.25) is 4.79 Å². The average Bonchev–Trinajstić information content (AvgIpc) is 2.49. The highest BCUT2D eigenvalue weighted by Crippen LogP contribution is 2.63. The number of hydrogen-bond acceptors (Lipinski definition) is 2. The van der Waals surface area contributed by atoms with Crippen molar-refractivity contribution in [2.75, 3.05) is 0 Å². The standard InChI is InChI=1S/C12H20O2/c1-8(13)14-10-11(2,3)9-5-6-12(10,4)7-9/h9-10H,5-7H2,1-4H3/t9?,10?,12-/m1/s1. The zero-order chi connectivity index (χ0) is 10.6.